The highest BCUT2D eigenvalue weighted by Gasteiger charge is 2.07. The second kappa shape index (κ2) is 2.02. The third-order valence-corrected chi connectivity index (χ3v) is 1.28. The molecule has 0 aromatic rings. The molecule has 10 heavy (non-hydrogen) atoms. The quantitative estimate of drug-likeness (QED) is 0.503. The normalized spacial score (nSPS) is 20.0. The van der Waals surface area contributed by atoms with Crippen LogP contribution < -0.4 is 10.6 Å². The predicted octanol–water partition coefficient (Wildman–Crippen LogP) is 0.278. The van der Waals surface area contributed by atoms with Gasteiger partial charge in [0.1, 0.15) is 6.20 Å². The van der Waals surface area contributed by atoms with E-state index in [0.717, 1.165) is 11.4 Å². The van der Waals surface area contributed by atoms with E-state index in [4.69, 9.17) is 0 Å². The maximum Gasteiger partial charge on any atom is 0.107 e. The first-order valence-electron chi connectivity index (χ1n) is 2.95. The first-order chi connectivity index (χ1) is 4.97. The zero-order valence-corrected chi connectivity index (χ0v) is 5.20. The number of hydrogen-bond donors (Lipinski definition) is 1. The van der Waals surface area contributed by atoms with Gasteiger partial charge in [-0.1, -0.05) is 0 Å². The molecule has 3 nitrogen and oxygen atoms in total. The zero-order chi connectivity index (χ0) is 6.81. The van der Waals surface area contributed by atoms with Gasteiger partial charge in [-0.15, -0.1) is 0 Å². The maximum atomic E-state index is 3.98. The minimum absolute atomic E-state index is 0.887. The second-order valence-corrected chi connectivity index (χ2v) is 1.92. The van der Waals surface area contributed by atoms with E-state index in [0.29, 0.717) is 0 Å². The molecule has 0 spiro atoms. The zero-order valence-electron chi connectivity index (χ0n) is 5.20. The minimum atomic E-state index is 0.887. The number of nitrogens with one attached hydrogen (secondary N) is 1. The molecule has 0 bridgehead atoms. The molecular formula is C7H5N3. The second-order valence-electron chi connectivity index (χ2n) is 1.92. The third kappa shape index (κ3) is 0.719. The largest absolute Gasteiger partial charge is 0.357 e. The van der Waals surface area contributed by atoms with Gasteiger partial charge < -0.3 is 5.32 Å². The van der Waals surface area contributed by atoms with E-state index in [1.807, 2.05) is 6.08 Å². The molecule has 1 N–H and O–H groups in total. The van der Waals surface area contributed by atoms with Crippen LogP contribution in [0.3, 0.4) is 0 Å². The highest BCUT2D eigenvalue weighted by molar-refractivity contribution is 6.09. The van der Waals surface area contributed by atoms with Crippen molar-refractivity contribution in [1.29, 1.82) is 0 Å². The van der Waals surface area contributed by atoms with Crippen molar-refractivity contribution in [2.75, 3.05) is 0 Å². The Balaban J connectivity index is 2.39. The maximum absolute atomic E-state index is 3.98. The van der Waals surface area contributed by atoms with Gasteiger partial charge in [-0.3, -0.25) is 5.32 Å². The molecule has 0 fully saturated rings. The molecule has 0 saturated carbocycles. The molecule has 0 amide bonds. The lowest BCUT2D eigenvalue weighted by Gasteiger charge is -2.11. The van der Waals surface area contributed by atoms with Gasteiger partial charge in [0, 0.05) is 12.4 Å². The van der Waals surface area contributed by atoms with Gasteiger partial charge in [-0.2, -0.15) is 0 Å². The van der Waals surface area contributed by atoms with E-state index in [1.54, 1.807) is 18.6 Å². The van der Waals surface area contributed by atoms with Crippen LogP contribution in [0.25, 0.3) is 0 Å². The molecule has 0 unspecified atom stereocenters. The number of nitrogens with zero attached hydrogens (tertiary/aromatic N) is 2. The van der Waals surface area contributed by atoms with Crippen LogP contribution in [0.15, 0.2) is 35.4 Å². The van der Waals surface area contributed by atoms with E-state index in [1.165, 1.54) is 0 Å². The molecule has 0 aliphatic carbocycles. The Hall–Kier alpha value is -1.51. The van der Waals surface area contributed by atoms with Gasteiger partial charge in [0.05, 0.1) is 17.6 Å². The lowest BCUT2D eigenvalue weighted by Crippen LogP contribution is -2.20. The minimum Gasteiger partial charge on any atom is -0.357 e. The summed E-state index contributed by atoms with van der Waals surface area (Å²) >= 11 is 0. The summed E-state index contributed by atoms with van der Waals surface area (Å²) in [6.07, 6.45) is 9.63. The molecule has 0 atom stereocenters. The summed E-state index contributed by atoms with van der Waals surface area (Å²) in [6, 6.07) is 0. The fourth-order valence-electron chi connectivity index (χ4n) is 0.808. The summed E-state index contributed by atoms with van der Waals surface area (Å²) in [5.41, 5.74) is 1.82. The Kier molecular flexibility index (Phi) is 1.07. The van der Waals surface area contributed by atoms with Gasteiger partial charge >= 0.3 is 0 Å². The molecule has 48 valence electrons. The summed E-state index contributed by atoms with van der Waals surface area (Å²) in [7, 11) is 0. The summed E-state index contributed by atoms with van der Waals surface area (Å²) < 4.78 is 0. The molecule has 3 heteroatoms. The van der Waals surface area contributed by atoms with Crippen molar-refractivity contribution in [2.24, 2.45) is 4.99 Å². The Labute approximate surface area is 58.8 Å². The van der Waals surface area contributed by atoms with E-state index in [9.17, 15) is 0 Å². The lowest BCUT2D eigenvalue weighted by molar-refractivity contribution is 1.02. The smallest absolute Gasteiger partial charge is 0.107 e. The van der Waals surface area contributed by atoms with Crippen molar-refractivity contribution in [3.8, 4) is 0 Å². The van der Waals surface area contributed by atoms with Crippen molar-refractivity contribution in [1.82, 2.24) is 10.6 Å². The highest BCUT2D eigenvalue weighted by atomic mass is 15.0. The Bertz CT molecular complexity index is 258. The van der Waals surface area contributed by atoms with E-state index in [-0.39, 0.29) is 0 Å². The molecule has 2 heterocycles. The fraction of sp³-hybridized carbons (Fsp3) is 0. The topological polar surface area (TPSA) is 38.5 Å². The molecule has 2 rings (SSSR count). The standard InChI is InChI=1S/C7H5N3/c1-2-8-5-7-6(1)9-3-4-10-7/h1-2,4-5,10H. The summed E-state index contributed by atoms with van der Waals surface area (Å²) in [5, 5.41) is 6.90. The Morgan fingerprint density at radius 1 is 1.50 bits per heavy atom. The third-order valence-electron chi connectivity index (χ3n) is 1.28. The molecule has 0 aromatic heterocycles. The van der Waals surface area contributed by atoms with Gasteiger partial charge in [-0.25, -0.2) is 4.99 Å². The van der Waals surface area contributed by atoms with Crippen LogP contribution in [-0.4, -0.2) is 5.71 Å². The molecule has 2 aliphatic rings. The predicted molar refractivity (Wildman–Crippen MR) is 37.7 cm³/mol. The van der Waals surface area contributed by atoms with Crippen LogP contribution in [0.4, 0.5) is 0 Å². The van der Waals surface area contributed by atoms with Crippen LogP contribution in [0.1, 0.15) is 0 Å². The first-order valence-corrected chi connectivity index (χ1v) is 2.95. The van der Waals surface area contributed by atoms with Gasteiger partial charge in [0.2, 0.25) is 0 Å². The van der Waals surface area contributed by atoms with Crippen LogP contribution in [-0.2, 0) is 0 Å². The summed E-state index contributed by atoms with van der Waals surface area (Å²) in [6.45, 7) is 0. The van der Waals surface area contributed by atoms with Gasteiger partial charge in [-0.05, 0) is 6.08 Å². The number of rotatable bonds is 0. The van der Waals surface area contributed by atoms with E-state index >= 15 is 0 Å². The van der Waals surface area contributed by atoms with Gasteiger partial charge in [0.15, 0.2) is 0 Å². The average molecular weight is 131 g/mol. The van der Waals surface area contributed by atoms with Crippen molar-refractivity contribution >= 4 is 5.71 Å². The summed E-state index contributed by atoms with van der Waals surface area (Å²) in [4.78, 5) is 3.98. The van der Waals surface area contributed by atoms with E-state index in [2.05, 4.69) is 21.8 Å². The Morgan fingerprint density at radius 3 is 3.40 bits per heavy atom. The number of hydrogen-bond acceptors (Lipinski definition) is 2. The number of fused-ring (bicyclic) bond motifs is 1. The first kappa shape index (κ1) is 5.29. The molecule has 2 aliphatic heterocycles. The van der Waals surface area contributed by atoms with Crippen molar-refractivity contribution in [3.05, 3.63) is 36.6 Å². The van der Waals surface area contributed by atoms with Crippen LogP contribution in [0.5, 0.6) is 0 Å². The summed E-state index contributed by atoms with van der Waals surface area (Å²) in [5.74, 6) is 0. The fourth-order valence-corrected chi connectivity index (χ4v) is 0.808. The average Bonchev–Trinajstić information content (AvgIpc) is 2.05. The Morgan fingerprint density at radius 2 is 2.50 bits per heavy atom. The molecule has 0 aromatic carbocycles. The monoisotopic (exact) mass is 131 g/mol. The van der Waals surface area contributed by atoms with Gasteiger partial charge in [0.25, 0.3) is 0 Å². The number of allylic oxidation sites excluding steroid dienone is 1. The van der Waals surface area contributed by atoms with Crippen molar-refractivity contribution in [2.45, 2.75) is 0 Å². The van der Waals surface area contributed by atoms with Crippen LogP contribution in [0.2, 0.25) is 0 Å². The van der Waals surface area contributed by atoms with E-state index < -0.39 is 0 Å². The van der Waals surface area contributed by atoms with Crippen molar-refractivity contribution in [3.63, 3.8) is 0 Å². The van der Waals surface area contributed by atoms with Crippen molar-refractivity contribution < 1.29 is 0 Å². The highest BCUT2D eigenvalue weighted by Crippen LogP contribution is 2.04. The number of aliphatic imine (C=N–C) groups is 1. The SMILES string of the molecule is [C]1=CNC2=C[N]C=CC2=N1. The van der Waals surface area contributed by atoms with Crippen LogP contribution in [0, 0.1) is 6.20 Å². The molecule has 0 saturated heterocycles. The molecule has 2 radical (unpaired) electrons. The lowest BCUT2D eigenvalue weighted by atomic mass is 10.2. The molecular weight excluding hydrogens is 126 g/mol. The van der Waals surface area contributed by atoms with Crippen LogP contribution >= 0.6 is 0 Å².